The fourth-order valence-electron chi connectivity index (χ4n) is 2.51. The van der Waals surface area contributed by atoms with Crippen molar-refractivity contribution in [1.82, 2.24) is 14.9 Å². The van der Waals surface area contributed by atoms with Gasteiger partial charge in [-0.2, -0.15) is 0 Å². The van der Waals surface area contributed by atoms with Crippen LogP contribution in [0.1, 0.15) is 52.4 Å². The molecule has 0 saturated carbocycles. The van der Waals surface area contributed by atoms with Crippen molar-refractivity contribution in [3.8, 4) is 0 Å². The lowest BCUT2D eigenvalue weighted by Crippen LogP contribution is -2.37. The zero-order chi connectivity index (χ0) is 15.7. The van der Waals surface area contributed by atoms with E-state index in [0.29, 0.717) is 18.6 Å². The molecule has 1 fully saturated rings. The molecule has 1 saturated heterocycles. The Morgan fingerprint density at radius 3 is 2.67 bits per heavy atom. The maximum atomic E-state index is 11.9. The number of hydrogen-bond acceptors (Lipinski definition) is 4. The van der Waals surface area contributed by atoms with Gasteiger partial charge in [-0.25, -0.2) is 13.1 Å². The van der Waals surface area contributed by atoms with Crippen LogP contribution in [0, 0.1) is 0 Å². The molecule has 126 valence electrons. The highest BCUT2D eigenvalue weighted by Gasteiger charge is 2.16. The van der Waals surface area contributed by atoms with Gasteiger partial charge in [-0.3, -0.25) is 0 Å². The van der Waals surface area contributed by atoms with E-state index in [9.17, 15) is 8.42 Å². The Morgan fingerprint density at radius 2 is 2.05 bits per heavy atom. The number of nitrogens with zero attached hydrogens (tertiary/aromatic N) is 1. The van der Waals surface area contributed by atoms with E-state index in [1.165, 1.54) is 12.8 Å². The van der Waals surface area contributed by atoms with Crippen LogP contribution in [-0.2, 0) is 10.0 Å². The number of sulfonamides is 1. The van der Waals surface area contributed by atoms with Crippen molar-refractivity contribution in [2.75, 3.05) is 32.4 Å². The first-order valence-corrected chi connectivity index (χ1v) is 9.97. The summed E-state index contributed by atoms with van der Waals surface area (Å²) in [5, 5.41) is 3.39. The SMILES string of the molecule is CC(C)N(C)CCCCNS(=O)(=O)CCC1CCCCN1. The first kappa shape index (κ1) is 18.9. The summed E-state index contributed by atoms with van der Waals surface area (Å²) in [5.41, 5.74) is 0. The molecule has 1 unspecified atom stereocenters. The predicted molar refractivity (Wildman–Crippen MR) is 89.0 cm³/mol. The van der Waals surface area contributed by atoms with Gasteiger partial charge in [0.1, 0.15) is 0 Å². The number of piperidine rings is 1. The highest BCUT2D eigenvalue weighted by Crippen LogP contribution is 2.10. The Labute approximate surface area is 130 Å². The predicted octanol–water partition coefficient (Wildman–Crippen LogP) is 1.56. The minimum atomic E-state index is -3.10. The van der Waals surface area contributed by atoms with Crippen molar-refractivity contribution < 1.29 is 8.42 Å². The zero-order valence-electron chi connectivity index (χ0n) is 13.9. The largest absolute Gasteiger partial charge is 0.314 e. The Morgan fingerprint density at radius 1 is 1.29 bits per heavy atom. The molecule has 2 N–H and O–H groups in total. The zero-order valence-corrected chi connectivity index (χ0v) is 14.7. The third-order valence-electron chi connectivity index (χ3n) is 4.29. The van der Waals surface area contributed by atoms with Crippen LogP contribution in [-0.4, -0.2) is 57.8 Å². The average molecular weight is 320 g/mol. The monoisotopic (exact) mass is 319 g/mol. The number of rotatable bonds is 10. The van der Waals surface area contributed by atoms with Crippen molar-refractivity contribution in [1.29, 1.82) is 0 Å². The van der Waals surface area contributed by atoms with E-state index in [1.54, 1.807) is 0 Å². The summed E-state index contributed by atoms with van der Waals surface area (Å²) in [7, 11) is -0.998. The molecule has 0 radical (unpaired) electrons. The standard InChI is InChI=1S/C15H33N3O2S/c1-14(2)18(3)12-7-6-11-17-21(19,20)13-9-15-8-4-5-10-16-15/h14-17H,4-13H2,1-3H3. The van der Waals surface area contributed by atoms with Crippen molar-refractivity contribution in [2.24, 2.45) is 0 Å². The molecule has 0 bridgehead atoms. The Kier molecular flexibility index (Phi) is 8.78. The first-order valence-electron chi connectivity index (χ1n) is 8.31. The van der Waals surface area contributed by atoms with Gasteiger partial charge in [-0.15, -0.1) is 0 Å². The van der Waals surface area contributed by atoms with Gasteiger partial charge in [0.15, 0.2) is 0 Å². The van der Waals surface area contributed by atoms with Crippen LogP contribution in [0.25, 0.3) is 0 Å². The van der Waals surface area contributed by atoms with Crippen molar-refractivity contribution in [2.45, 2.75) is 64.5 Å². The summed E-state index contributed by atoms with van der Waals surface area (Å²) in [6.07, 6.45) is 6.20. The molecule has 21 heavy (non-hydrogen) atoms. The van der Waals surface area contributed by atoms with E-state index in [4.69, 9.17) is 0 Å². The molecule has 1 heterocycles. The minimum Gasteiger partial charge on any atom is -0.314 e. The second kappa shape index (κ2) is 9.77. The van der Waals surface area contributed by atoms with E-state index in [0.717, 1.165) is 38.8 Å². The Balaban J connectivity index is 2.09. The normalized spacial score (nSPS) is 20.3. The molecule has 0 aromatic rings. The maximum Gasteiger partial charge on any atom is 0.211 e. The summed E-state index contributed by atoms with van der Waals surface area (Å²) >= 11 is 0. The lowest BCUT2D eigenvalue weighted by molar-refractivity contribution is 0.268. The Hall–Kier alpha value is -0.170. The topological polar surface area (TPSA) is 61.4 Å². The summed E-state index contributed by atoms with van der Waals surface area (Å²) in [6, 6.07) is 0.930. The van der Waals surface area contributed by atoms with Gasteiger partial charge >= 0.3 is 0 Å². The van der Waals surface area contributed by atoms with Crippen LogP contribution >= 0.6 is 0 Å². The molecule has 0 amide bonds. The second-order valence-corrected chi connectivity index (χ2v) is 8.36. The summed E-state index contributed by atoms with van der Waals surface area (Å²) in [4.78, 5) is 2.28. The van der Waals surface area contributed by atoms with Crippen LogP contribution in [0.2, 0.25) is 0 Å². The molecule has 1 aliphatic heterocycles. The quantitative estimate of drug-likeness (QED) is 0.600. The summed E-state index contributed by atoms with van der Waals surface area (Å²) < 4.78 is 26.6. The smallest absolute Gasteiger partial charge is 0.211 e. The fraction of sp³-hybridized carbons (Fsp3) is 1.00. The average Bonchev–Trinajstić information content (AvgIpc) is 2.45. The lowest BCUT2D eigenvalue weighted by Gasteiger charge is -2.23. The molecular weight excluding hydrogens is 286 g/mol. The molecule has 1 aliphatic rings. The highest BCUT2D eigenvalue weighted by molar-refractivity contribution is 7.89. The van der Waals surface area contributed by atoms with Crippen LogP contribution in [0.4, 0.5) is 0 Å². The van der Waals surface area contributed by atoms with Crippen LogP contribution in [0.5, 0.6) is 0 Å². The fourth-order valence-corrected chi connectivity index (χ4v) is 3.71. The van der Waals surface area contributed by atoms with Gasteiger partial charge in [0.05, 0.1) is 5.75 Å². The lowest BCUT2D eigenvalue weighted by atomic mass is 10.0. The minimum absolute atomic E-state index is 0.247. The number of hydrogen-bond donors (Lipinski definition) is 2. The maximum absolute atomic E-state index is 11.9. The van der Waals surface area contributed by atoms with E-state index in [1.807, 2.05) is 0 Å². The van der Waals surface area contributed by atoms with Gasteiger partial charge < -0.3 is 10.2 Å². The number of nitrogens with one attached hydrogen (secondary N) is 2. The van der Waals surface area contributed by atoms with E-state index in [-0.39, 0.29) is 5.75 Å². The van der Waals surface area contributed by atoms with Gasteiger partial charge in [-0.1, -0.05) is 6.42 Å². The van der Waals surface area contributed by atoms with Crippen LogP contribution < -0.4 is 10.0 Å². The Bertz CT molecular complexity index is 365. The molecule has 6 heteroatoms. The molecular formula is C15H33N3O2S. The highest BCUT2D eigenvalue weighted by atomic mass is 32.2. The third kappa shape index (κ3) is 8.76. The van der Waals surface area contributed by atoms with Gasteiger partial charge in [0.2, 0.25) is 10.0 Å². The van der Waals surface area contributed by atoms with E-state index < -0.39 is 10.0 Å². The summed E-state index contributed by atoms with van der Waals surface area (Å²) in [6.45, 7) is 6.95. The molecule has 0 aromatic heterocycles. The van der Waals surface area contributed by atoms with E-state index in [2.05, 4.69) is 35.8 Å². The molecule has 0 aromatic carbocycles. The molecule has 0 aliphatic carbocycles. The van der Waals surface area contributed by atoms with Gasteiger partial charge in [0, 0.05) is 18.6 Å². The third-order valence-corrected chi connectivity index (χ3v) is 5.71. The second-order valence-electron chi connectivity index (χ2n) is 6.43. The molecule has 0 spiro atoms. The molecule has 5 nitrogen and oxygen atoms in total. The van der Waals surface area contributed by atoms with Crippen molar-refractivity contribution >= 4 is 10.0 Å². The van der Waals surface area contributed by atoms with Gasteiger partial charge in [0.25, 0.3) is 0 Å². The van der Waals surface area contributed by atoms with Crippen LogP contribution in [0.15, 0.2) is 0 Å². The van der Waals surface area contributed by atoms with Crippen LogP contribution in [0.3, 0.4) is 0 Å². The van der Waals surface area contributed by atoms with Crippen molar-refractivity contribution in [3.05, 3.63) is 0 Å². The molecule has 1 atom stereocenters. The van der Waals surface area contributed by atoms with E-state index >= 15 is 0 Å². The van der Waals surface area contributed by atoms with Gasteiger partial charge in [-0.05, 0) is 66.1 Å². The summed E-state index contributed by atoms with van der Waals surface area (Å²) in [5.74, 6) is 0.247. The first-order chi connectivity index (χ1) is 9.91. The van der Waals surface area contributed by atoms with Crippen molar-refractivity contribution in [3.63, 3.8) is 0 Å². The molecule has 1 rings (SSSR count). The number of unbranched alkanes of at least 4 members (excludes halogenated alkanes) is 1.